The van der Waals surface area contributed by atoms with E-state index < -0.39 is 28.5 Å². The number of nitrogens with zero attached hydrogens (tertiary/aromatic N) is 2. The van der Waals surface area contributed by atoms with E-state index in [1.54, 1.807) is 54.6 Å². The number of anilines is 1. The van der Waals surface area contributed by atoms with Crippen molar-refractivity contribution in [3.8, 4) is 0 Å². The first kappa shape index (κ1) is 33.1. The summed E-state index contributed by atoms with van der Waals surface area (Å²) in [6.45, 7) is 3.19. The van der Waals surface area contributed by atoms with Crippen molar-refractivity contribution in [3.05, 3.63) is 92.9 Å². The van der Waals surface area contributed by atoms with Gasteiger partial charge in [0.25, 0.3) is 10.0 Å². The Labute approximate surface area is 269 Å². The molecule has 0 aromatic heterocycles. The first-order chi connectivity index (χ1) is 20.5. The monoisotopic (exact) mass is 663 g/mol. The molecule has 4 rings (SSSR count). The van der Waals surface area contributed by atoms with Gasteiger partial charge < -0.3 is 10.2 Å². The van der Waals surface area contributed by atoms with Crippen molar-refractivity contribution in [2.24, 2.45) is 0 Å². The van der Waals surface area contributed by atoms with Gasteiger partial charge in [-0.1, -0.05) is 84.8 Å². The number of hydrogen-bond acceptors (Lipinski definition) is 4. The Hall–Kier alpha value is -2.78. The fraction of sp³-hybridized carbons (Fsp3) is 0.375. The number of aryl methyl sites for hydroxylation is 1. The molecular weight excluding hydrogens is 629 g/mol. The molecule has 1 atom stereocenters. The third-order valence-corrected chi connectivity index (χ3v) is 10.5. The summed E-state index contributed by atoms with van der Waals surface area (Å²) in [5, 5.41) is 4.24. The average molecular weight is 665 g/mol. The fourth-order valence-corrected chi connectivity index (χ4v) is 7.13. The number of rotatable bonds is 11. The Morgan fingerprint density at radius 3 is 2.16 bits per heavy atom. The van der Waals surface area contributed by atoms with Crippen molar-refractivity contribution < 1.29 is 18.0 Å². The molecule has 1 aliphatic rings. The zero-order valence-electron chi connectivity index (χ0n) is 24.2. The standard InChI is InChI=1S/C32H36Cl3N3O4S/c1-3-30(32(40)36-25-7-5-4-6-8-25)37(20-23-11-18-28(34)29(35)19-23)31(39)21-38(26-14-12-24(33)13-15-26)43(41,42)27-16-9-22(2)10-17-27/h9-19,25,30H,3-8,20-21H2,1-2H3,(H,36,40). The number of carbonyl (C=O) groups is 2. The van der Waals surface area contributed by atoms with Crippen LogP contribution < -0.4 is 9.62 Å². The van der Waals surface area contributed by atoms with E-state index in [0.29, 0.717) is 27.1 Å². The maximum atomic E-state index is 14.2. The molecule has 0 heterocycles. The number of halogens is 3. The SMILES string of the molecule is CCC(C(=O)NC1CCCCC1)N(Cc1ccc(Cl)c(Cl)c1)C(=O)CN(c1ccc(Cl)cc1)S(=O)(=O)c1ccc(C)cc1. The van der Waals surface area contributed by atoms with Crippen molar-refractivity contribution in [2.75, 3.05) is 10.8 Å². The van der Waals surface area contributed by atoms with Crippen LogP contribution in [0.5, 0.6) is 0 Å². The molecule has 7 nitrogen and oxygen atoms in total. The molecule has 1 fully saturated rings. The zero-order valence-corrected chi connectivity index (χ0v) is 27.3. The Kier molecular flexibility index (Phi) is 11.4. The molecule has 11 heteroatoms. The molecule has 3 aromatic rings. The number of nitrogens with one attached hydrogen (secondary N) is 1. The number of benzene rings is 3. The highest BCUT2D eigenvalue weighted by atomic mass is 35.5. The van der Waals surface area contributed by atoms with E-state index in [1.165, 1.54) is 17.0 Å². The second kappa shape index (κ2) is 14.8. The van der Waals surface area contributed by atoms with Crippen LogP contribution in [0.15, 0.2) is 71.6 Å². The summed E-state index contributed by atoms with van der Waals surface area (Å²) >= 11 is 18.5. The van der Waals surface area contributed by atoms with Crippen LogP contribution in [-0.2, 0) is 26.2 Å². The van der Waals surface area contributed by atoms with Gasteiger partial charge in [0.1, 0.15) is 12.6 Å². The number of hydrogen-bond donors (Lipinski definition) is 1. The average Bonchev–Trinajstić information content (AvgIpc) is 2.98. The molecule has 1 aliphatic carbocycles. The molecule has 0 saturated heterocycles. The van der Waals surface area contributed by atoms with Gasteiger partial charge in [-0.2, -0.15) is 0 Å². The lowest BCUT2D eigenvalue weighted by atomic mass is 9.95. The van der Waals surface area contributed by atoms with Gasteiger partial charge >= 0.3 is 0 Å². The first-order valence-corrected chi connectivity index (χ1v) is 17.0. The van der Waals surface area contributed by atoms with Crippen LogP contribution in [0.3, 0.4) is 0 Å². The Balaban J connectivity index is 1.71. The molecule has 0 spiro atoms. The lowest BCUT2D eigenvalue weighted by Gasteiger charge is -2.34. The summed E-state index contributed by atoms with van der Waals surface area (Å²) in [7, 11) is -4.17. The molecular formula is C32H36Cl3N3O4S. The highest BCUT2D eigenvalue weighted by Gasteiger charge is 2.34. The van der Waals surface area contributed by atoms with Crippen LogP contribution in [-0.4, -0.2) is 43.8 Å². The van der Waals surface area contributed by atoms with Crippen LogP contribution in [0.2, 0.25) is 15.1 Å². The van der Waals surface area contributed by atoms with E-state index in [-0.39, 0.29) is 29.1 Å². The van der Waals surface area contributed by atoms with E-state index in [1.807, 2.05) is 13.8 Å². The van der Waals surface area contributed by atoms with Gasteiger partial charge in [0.2, 0.25) is 11.8 Å². The summed E-state index contributed by atoms with van der Waals surface area (Å²) in [4.78, 5) is 29.4. The van der Waals surface area contributed by atoms with Crippen LogP contribution in [0.4, 0.5) is 5.69 Å². The third kappa shape index (κ3) is 8.44. The van der Waals surface area contributed by atoms with Gasteiger partial charge in [0.15, 0.2) is 0 Å². The predicted molar refractivity (Wildman–Crippen MR) is 173 cm³/mol. The van der Waals surface area contributed by atoms with Gasteiger partial charge in [0, 0.05) is 17.6 Å². The minimum Gasteiger partial charge on any atom is -0.352 e. The molecule has 0 radical (unpaired) electrons. The normalized spacial score (nSPS) is 14.6. The number of carbonyl (C=O) groups excluding carboxylic acids is 2. The van der Waals surface area contributed by atoms with E-state index in [0.717, 1.165) is 42.0 Å². The summed E-state index contributed by atoms with van der Waals surface area (Å²) in [6.07, 6.45) is 5.34. The molecule has 1 N–H and O–H groups in total. The van der Waals surface area contributed by atoms with Gasteiger partial charge in [-0.3, -0.25) is 13.9 Å². The fourth-order valence-electron chi connectivity index (χ4n) is 5.27. The minimum absolute atomic E-state index is 0.0331. The largest absolute Gasteiger partial charge is 0.352 e. The second-order valence-corrected chi connectivity index (χ2v) is 14.0. The topological polar surface area (TPSA) is 86.8 Å². The Morgan fingerprint density at radius 2 is 1.56 bits per heavy atom. The molecule has 3 aromatic carbocycles. The number of amides is 2. The maximum Gasteiger partial charge on any atom is 0.264 e. The predicted octanol–water partition coefficient (Wildman–Crippen LogP) is 7.41. The molecule has 230 valence electrons. The van der Waals surface area contributed by atoms with Crippen LogP contribution in [0.1, 0.15) is 56.6 Å². The van der Waals surface area contributed by atoms with Crippen LogP contribution >= 0.6 is 34.8 Å². The smallest absolute Gasteiger partial charge is 0.264 e. The molecule has 0 aliphatic heterocycles. The van der Waals surface area contributed by atoms with E-state index in [4.69, 9.17) is 34.8 Å². The van der Waals surface area contributed by atoms with Crippen molar-refractivity contribution in [2.45, 2.75) is 75.9 Å². The van der Waals surface area contributed by atoms with Crippen molar-refractivity contribution in [3.63, 3.8) is 0 Å². The molecule has 0 bridgehead atoms. The number of sulfonamides is 1. The summed E-state index contributed by atoms with van der Waals surface area (Å²) in [5.74, 6) is -0.801. The summed E-state index contributed by atoms with van der Waals surface area (Å²) < 4.78 is 29.0. The van der Waals surface area contributed by atoms with E-state index in [2.05, 4.69) is 5.32 Å². The molecule has 43 heavy (non-hydrogen) atoms. The quantitative estimate of drug-likeness (QED) is 0.231. The molecule has 1 unspecified atom stereocenters. The minimum atomic E-state index is -4.17. The van der Waals surface area contributed by atoms with Crippen LogP contribution in [0.25, 0.3) is 0 Å². The lowest BCUT2D eigenvalue weighted by Crippen LogP contribution is -2.54. The zero-order chi connectivity index (χ0) is 31.1. The maximum absolute atomic E-state index is 14.2. The third-order valence-electron chi connectivity index (χ3n) is 7.68. The van der Waals surface area contributed by atoms with Gasteiger partial charge in [-0.25, -0.2) is 8.42 Å². The Bertz CT molecular complexity index is 1530. The van der Waals surface area contributed by atoms with Gasteiger partial charge in [-0.15, -0.1) is 0 Å². The van der Waals surface area contributed by atoms with E-state index >= 15 is 0 Å². The first-order valence-electron chi connectivity index (χ1n) is 14.4. The summed E-state index contributed by atoms with van der Waals surface area (Å²) in [6, 6.07) is 16.9. The van der Waals surface area contributed by atoms with Crippen molar-refractivity contribution in [1.82, 2.24) is 10.2 Å². The van der Waals surface area contributed by atoms with E-state index in [9.17, 15) is 18.0 Å². The molecule has 2 amide bonds. The van der Waals surface area contributed by atoms with Crippen LogP contribution in [0, 0.1) is 6.92 Å². The lowest BCUT2D eigenvalue weighted by molar-refractivity contribution is -0.140. The van der Waals surface area contributed by atoms with Gasteiger partial charge in [0.05, 0.1) is 20.6 Å². The Morgan fingerprint density at radius 1 is 0.907 bits per heavy atom. The molecule has 1 saturated carbocycles. The van der Waals surface area contributed by atoms with Crippen molar-refractivity contribution in [1.29, 1.82) is 0 Å². The summed E-state index contributed by atoms with van der Waals surface area (Å²) in [5.41, 5.74) is 1.83. The highest BCUT2D eigenvalue weighted by molar-refractivity contribution is 7.92. The second-order valence-electron chi connectivity index (χ2n) is 10.8. The highest BCUT2D eigenvalue weighted by Crippen LogP contribution is 2.28. The van der Waals surface area contributed by atoms with Gasteiger partial charge in [-0.05, 0) is 80.3 Å². The van der Waals surface area contributed by atoms with Crippen molar-refractivity contribution >= 4 is 62.3 Å².